The van der Waals surface area contributed by atoms with Crippen LogP contribution in [-0.4, -0.2) is 4.98 Å². The van der Waals surface area contributed by atoms with Gasteiger partial charge in [0.15, 0.2) is 0 Å². The predicted molar refractivity (Wildman–Crippen MR) is 89.2 cm³/mol. The summed E-state index contributed by atoms with van der Waals surface area (Å²) < 4.78 is 0. The number of benzene rings is 1. The zero-order valence-corrected chi connectivity index (χ0v) is 12.9. The molecule has 4 heteroatoms. The molecule has 0 saturated carbocycles. The summed E-state index contributed by atoms with van der Waals surface area (Å²) in [5.41, 5.74) is 5.27. The molecule has 3 rings (SSSR count). The highest BCUT2D eigenvalue weighted by Gasteiger charge is 2.14. The molecule has 3 nitrogen and oxygen atoms in total. The van der Waals surface area contributed by atoms with E-state index in [1.54, 1.807) is 0 Å². The predicted octanol–water partition coefficient (Wildman–Crippen LogP) is 3.61. The molecule has 0 fully saturated rings. The lowest BCUT2D eigenvalue weighted by Gasteiger charge is -2.15. The van der Waals surface area contributed by atoms with E-state index in [2.05, 4.69) is 47.7 Å². The third-order valence-electron chi connectivity index (χ3n) is 3.74. The van der Waals surface area contributed by atoms with Crippen LogP contribution in [0.5, 0.6) is 0 Å². The van der Waals surface area contributed by atoms with Gasteiger partial charge in [-0.25, -0.2) is 0 Å². The number of fused-ring (bicyclic) bond motifs is 1. The van der Waals surface area contributed by atoms with Crippen LogP contribution in [0.4, 0.5) is 0 Å². The second kappa shape index (κ2) is 6.35. The van der Waals surface area contributed by atoms with Crippen LogP contribution in [-0.2, 0) is 12.8 Å². The normalized spacial score (nSPS) is 12.7. The average Bonchev–Trinajstić information content (AvgIpc) is 3.01. The highest BCUT2D eigenvalue weighted by Crippen LogP contribution is 2.28. The number of aromatic nitrogens is 1. The number of nitrogens with one attached hydrogen (secondary N) is 1. The summed E-state index contributed by atoms with van der Waals surface area (Å²) in [5.74, 6) is 5.79. The Labute approximate surface area is 128 Å². The van der Waals surface area contributed by atoms with Gasteiger partial charge in [0.05, 0.1) is 11.6 Å². The van der Waals surface area contributed by atoms with Crippen LogP contribution >= 0.6 is 11.3 Å². The van der Waals surface area contributed by atoms with E-state index in [1.165, 1.54) is 20.7 Å². The van der Waals surface area contributed by atoms with Gasteiger partial charge in [-0.15, -0.1) is 11.3 Å². The fourth-order valence-corrected chi connectivity index (χ4v) is 3.58. The zero-order chi connectivity index (χ0) is 14.7. The highest BCUT2D eigenvalue weighted by atomic mass is 32.1. The van der Waals surface area contributed by atoms with Gasteiger partial charge in [0.25, 0.3) is 0 Å². The monoisotopic (exact) mass is 297 g/mol. The molecular weight excluding hydrogens is 278 g/mol. The largest absolute Gasteiger partial charge is 0.271 e. The van der Waals surface area contributed by atoms with Crippen LogP contribution in [0.2, 0.25) is 0 Å². The maximum atomic E-state index is 5.79. The zero-order valence-electron chi connectivity index (χ0n) is 12.0. The Bertz CT molecular complexity index is 730. The first kappa shape index (κ1) is 14.2. The first-order valence-corrected chi connectivity index (χ1v) is 8.01. The van der Waals surface area contributed by atoms with Crippen molar-refractivity contribution in [3.8, 4) is 0 Å². The van der Waals surface area contributed by atoms with Crippen molar-refractivity contribution in [1.82, 2.24) is 10.4 Å². The van der Waals surface area contributed by atoms with Crippen molar-refractivity contribution in [2.75, 3.05) is 0 Å². The van der Waals surface area contributed by atoms with E-state index in [0.29, 0.717) is 0 Å². The summed E-state index contributed by atoms with van der Waals surface area (Å²) in [5, 5.41) is 1.20. The Kier molecular flexibility index (Phi) is 4.29. The lowest BCUT2D eigenvalue weighted by molar-refractivity contribution is 0.562. The van der Waals surface area contributed by atoms with Crippen LogP contribution in [0.1, 0.15) is 28.3 Å². The number of hydrogen-bond donors (Lipinski definition) is 2. The molecule has 0 aliphatic carbocycles. The van der Waals surface area contributed by atoms with Crippen LogP contribution < -0.4 is 11.3 Å². The third-order valence-corrected chi connectivity index (χ3v) is 5.08. The molecule has 0 bridgehead atoms. The molecule has 108 valence electrons. The molecule has 3 N–H and O–H groups in total. The summed E-state index contributed by atoms with van der Waals surface area (Å²) in [4.78, 5) is 7.10. The van der Waals surface area contributed by atoms with E-state index in [1.807, 2.05) is 29.7 Å². The quantitative estimate of drug-likeness (QED) is 0.559. The number of nitrogens with two attached hydrogens (primary N) is 1. The Balaban J connectivity index is 1.92. The standard InChI is InChI=1S/C17H19N3S/c1-2-13-7-8-17(21-13)16(20-18)11-12-9-10-19-15-6-4-3-5-14(12)15/h3-10,16,20H,2,11,18H2,1H3. The minimum Gasteiger partial charge on any atom is -0.271 e. The first-order valence-electron chi connectivity index (χ1n) is 7.19. The Morgan fingerprint density at radius 3 is 2.81 bits per heavy atom. The van der Waals surface area contributed by atoms with Gasteiger partial charge in [0.1, 0.15) is 0 Å². The molecule has 2 heterocycles. The fourth-order valence-electron chi connectivity index (χ4n) is 2.57. The van der Waals surface area contributed by atoms with E-state index in [-0.39, 0.29) is 6.04 Å². The van der Waals surface area contributed by atoms with Crippen LogP contribution in [0.15, 0.2) is 48.7 Å². The minimum atomic E-state index is 0.140. The Hall–Kier alpha value is -1.75. The lowest BCUT2D eigenvalue weighted by Crippen LogP contribution is -2.29. The first-order chi connectivity index (χ1) is 10.3. The van der Waals surface area contributed by atoms with Crippen molar-refractivity contribution in [2.24, 2.45) is 5.84 Å². The number of pyridine rings is 1. The lowest BCUT2D eigenvalue weighted by atomic mass is 10.0. The number of para-hydroxylation sites is 1. The summed E-state index contributed by atoms with van der Waals surface area (Å²) in [6.45, 7) is 2.18. The molecule has 0 spiro atoms. The maximum Gasteiger partial charge on any atom is 0.0704 e. The van der Waals surface area contributed by atoms with Gasteiger partial charge in [-0.05, 0) is 42.7 Å². The maximum absolute atomic E-state index is 5.79. The molecule has 1 atom stereocenters. The van der Waals surface area contributed by atoms with Gasteiger partial charge in [-0.2, -0.15) is 0 Å². The van der Waals surface area contributed by atoms with Gasteiger partial charge in [-0.3, -0.25) is 16.3 Å². The van der Waals surface area contributed by atoms with Crippen molar-refractivity contribution in [1.29, 1.82) is 0 Å². The fraction of sp³-hybridized carbons (Fsp3) is 0.235. The molecule has 3 aromatic rings. The molecule has 2 aromatic heterocycles. The summed E-state index contributed by atoms with van der Waals surface area (Å²) in [7, 11) is 0. The van der Waals surface area contributed by atoms with Gasteiger partial charge in [0, 0.05) is 21.3 Å². The molecule has 0 aliphatic heterocycles. The van der Waals surface area contributed by atoms with E-state index >= 15 is 0 Å². The molecule has 0 aliphatic rings. The number of hydrazine groups is 1. The number of hydrogen-bond acceptors (Lipinski definition) is 4. The van der Waals surface area contributed by atoms with Gasteiger partial charge in [0.2, 0.25) is 0 Å². The average molecular weight is 297 g/mol. The third kappa shape index (κ3) is 2.97. The van der Waals surface area contributed by atoms with E-state index in [0.717, 1.165) is 18.4 Å². The molecule has 1 aromatic carbocycles. The van der Waals surface area contributed by atoms with Crippen LogP contribution in [0, 0.1) is 0 Å². The Morgan fingerprint density at radius 1 is 1.19 bits per heavy atom. The Morgan fingerprint density at radius 2 is 2.05 bits per heavy atom. The second-order valence-electron chi connectivity index (χ2n) is 5.07. The molecule has 1 unspecified atom stereocenters. The second-order valence-corrected chi connectivity index (χ2v) is 6.27. The van der Waals surface area contributed by atoms with Crippen LogP contribution in [0.3, 0.4) is 0 Å². The van der Waals surface area contributed by atoms with E-state index < -0.39 is 0 Å². The van der Waals surface area contributed by atoms with Crippen molar-refractivity contribution in [3.63, 3.8) is 0 Å². The number of aryl methyl sites for hydroxylation is 1. The van der Waals surface area contributed by atoms with Crippen LogP contribution in [0.25, 0.3) is 10.9 Å². The molecule has 0 radical (unpaired) electrons. The summed E-state index contributed by atoms with van der Waals surface area (Å²) in [6.07, 6.45) is 3.81. The highest BCUT2D eigenvalue weighted by molar-refractivity contribution is 7.12. The van der Waals surface area contributed by atoms with E-state index in [9.17, 15) is 0 Å². The van der Waals surface area contributed by atoms with E-state index in [4.69, 9.17) is 5.84 Å². The molecule has 21 heavy (non-hydrogen) atoms. The van der Waals surface area contributed by atoms with Crippen molar-refractivity contribution in [2.45, 2.75) is 25.8 Å². The van der Waals surface area contributed by atoms with Crippen molar-refractivity contribution >= 4 is 22.2 Å². The molecular formula is C17H19N3S. The topological polar surface area (TPSA) is 50.9 Å². The molecule has 0 amide bonds. The minimum absolute atomic E-state index is 0.140. The number of rotatable bonds is 5. The number of thiophene rings is 1. The van der Waals surface area contributed by atoms with Gasteiger partial charge < -0.3 is 0 Å². The smallest absolute Gasteiger partial charge is 0.0704 e. The number of nitrogens with zero attached hydrogens (tertiary/aromatic N) is 1. The summed E-state index contributed by atoms with van der Waals surface area (Å²) >= 11 is 1.83. The van der Waals surface area contributed by atoms with Gasteiger partial charge >= 0.3 is 0 Å². The summed E-state index contributed by atoms with van der Waals surface area (Å²) in [6, 6.07) is 14.8. The van der Waals surface area contributed by atoms with Gasteiger partial charge in [-0.1, -0.05) is 25.1 Å². The molecule has 0 saturated heterocycles. The van der Waals surface area contributed by atoms with Crippen molar-refractivity contribution < 1.29 is 0 Å². The SMILES string of the molecule is CCc1ccc(C(Cc2ccnc3ccccc23)NN)s1. The van der Waals surface area contributed by atoms with Crippen molar-refractivity contribution in [3.05, 3.63) is 64.0 Å².